The Morgan fingerprint density at radius 2 is 2.06 bits per heavy atom. The topological polar surface area (TPSA) is 41.3 Å². The van der Waals surface area contributed by atoms with Crippen molar-refractivity contribution in [3.8, 4) is 0 Å². The summed E-state index contributed by atoms with van der Waals surface area (Å²) >= 11 is 0. The molecular formula is C14H23N3. The zero-order chi connectivity index (χ0) is 12.3. The van der Waals surface area contributed by atoms with Gasteiger partial charge >= 0.3 is 0 Å². The van der Waals surface area contributed by atoms with Crippen molar-refractivity contribution in [1.82, 2.24) is 5.32 Å². The molecular weight excluding hydrogens is 210 g/mol. The average Bonchev–Trinajstić information content (AvgIpc) is 2.31. The fourth-order valence-corrected chi connectivity index (χ4v) is 2.70. The predicted molar refractivity (Wildman–Crippen MR) is 74.4 cm³/mol. The van der Waals surface area contributed by atoms with Crippen LogP contribution >= 0.6 is 0 Å². The van der Waals surface area contributed by atoms with E-state index in [2.05, 4.69) is 36.2 Å². The number of rotatable bonds is 3. The van der Waals surface area contributed by atoms with Gasteiger partial charge in [0.05, 0.1) is 0 Å². The summed E-state index contributed by atoms with van der Waals surface area (Å²) in [6.07, 6.45) is 2.45. The molecule has 1 aromatic rings. The molecule has 0 aromatic heterocycles. The lowest BCUT2D eigenvalue weighted by Crippen LogP contribution is -2.47. The number of hydrogen-bond acceptors (Lipinski definition) is 3. The molecule has 1 aliphatic rings. The Morgan fingerprint density at radius 1 is 1.35 bits per heavy atom. The molecule has 1 heterocycles. The van der Waals surface area contributed by atoms with E-state index in [-0.39, 0.29) is 0 Å². The van der Waals surface area contributed by atoms with Gasteiger partial charge in [-0.25, -0.2) is 0 Å². The van der Waals surface area contributed by atoms with E-state index in [9.17, 15) is 0 Å². The van der Waals surface area contributed by atoms with Gasteiger partial charge in [0.25, 0.3) is 0 Å². The van der Waals surface area contributed by atoms with E-state index in [1.165, 1.54) is 18.5 Å². The van der Waals surface area contributed by atoms with Crippen LogP contribution in [-0.4, -0.2) is 25.2 Å². The van der Waals surface area contributed by atoms with Crippen molar-refractivity contribution >= 4 is 11.4 Å². The third-order valence-corrected chi connectivity index (χ3v) is 3.59. The molecule has 2 unspecified atom stereocenters. The zero-order valence-electron chi connectivity index (χ0n) is 10.8. The van der Waals surface area contributed by atoms with Crippen LogP contribution < -0.4 is 16.0 Å². The van der Waals surface area contributed by atoms with Crippen molar-refractivity contribution in [3.63, 3.8) is 0 Å². The van der Waals surface area contributed by atoms with Crippen LogP contribution in [0.4, 0.5) is 11.4 Å². The molecule has 0 bridgehead atoms. The second-order valence-electron chi connectivity index (χ2n) is 4.91. The van der Waals surface area contributed by atoms with E-state index in [0.717, 1.165) is 18.8 Å². The lowest BCUT2D eigenvalue weighted by atomic mass is 9.97. The first-order chi connectivity index (χ1) is 8.20. The molecule has 3 N–H and O–H groups in total. The number of piperidine rings is 1. The predicted octanol–water partition coefficient (Wildman–Crippen LogP) is 2.24. The maximum Gasteiger partial charge on any atom is 0.0370 e. The Balaban J connectivity index is 2.01. The van der Waals surface area contributed by atoms with Crippen LogP contribution in [0.1, 0.15) is 26.7 Å². The highest BCUT2D eigenvalue weighted by Crippen LogP contribution is 2.25. The lowest BCUT2D eigenvalue weighted by molar-refractivity contribution is 0.374. The van der Waals surface area contributed by atoms with Crippen LogP contribution in [0.5, 0.6) is 0 Å². The van der Waals surface area contributed by atoms with E-state index in [1.54, 1.807) is 0 Å². The van der Waals surface area contributed by atoms with Gasteiger partial charge in [0.15, 0.2) is 0 Å². The van der Waals surface area contributed by atoms with Crippen molar-refractivity contribution in [2.24, 2.45) is 0 Å². The molecule has 0 saturated carbocycles. The second-order valence-corrected chi connectivity index (χ2v) is 4.91. The molecule has 0 aliphatic carbocycles. The summed E-state index contributed by atoms with van der Waals surface area (Å²) < 4.78 is 0. The summed E-state index contributed by atoms with van der Waals surface area (Å²) in [7, 11) is 0. The standard InChI is InChI=1S/C14H23N3/c1-3-16-13-8-9-17(11(2)10-13)14-6-4-12(15)5-7-14/h4-7,11,13,16H,3,8-10,15H2,1-2H3. The number of anilines is 2. The molecule has 0 spiro atoms. The minimum absolute atomic E-state index is 0.594. The van der Waals surface area contributed by atoms with Crippen LogP contribution in [0, 0.1) is 0 Å². The number of nitrogen functional groups attached to an aromatic ring is 1. The molecule has 1 aliphatic heterocycles. The van der Waals surface area contributed by atoms with Gasteiger partial charge in [-0.1, -0.05) is 6.92 Å². The van der Waals surface area contributed by atoms with Gasteiger partial charge in [-0.2, -0.15) is 0 Å². The number of nitrogens with zero attached hydrogens (tertiary/aromatic N) is 1. The van der Waals surface area contributed by atoms with Gasteiger partial charge in [-0.15, -0.1) is 0 Å². The highest BCUT2D eigenvalue weighted by Gasteiger charge is 2.24. The average molecular weight is 233 g/mol. The monoisotopic (exact) mass is 233 g/mol. The normalized spacial score (nSPS) is 24.9. The van der Waals surface area contributed by atoms with Crippen molar-refractivity contribution in [2.45, 2.75) is 38.8 Å². The molecule has 0 radical (unpaired) electrons. The maximum absolute atomic E-state index is 5.72. The molecule has 1 aromatic carbocycles. The molecule has 1 saturated heterocycles. The largest absolute Gasteiger partial charge is 0.399 e. The summed E-state index contributed by atoms with van der Waals surface area (Å²) in [5.74, 6) is 0. The van der Waals surface area contributed by atoms with E-state index in [0.29, 0.717) is 12.1 Å². The number of hydrogen-bond donors (Lipinski definition) is 2. The molecule has 3 nitrogen and oxygen atoms in total. The third-order valence-electron chi connectivity index (χ3n) is 3.59. The quantitative estimate of drug-likeness (QED) is 0.787. The Kier molecular flexibility index (Phi) is 3.89. The Hall–Kier alpha value is -1.22. The summed E-state index contributed by atoms with van der Waals surface area (Å²) in [6, 6.07) is 9.49. The van der Waals surface area contributed by atoms with Crippen molar-refractivity contribution in [1.29, 1.82) is 0 Å². The van der Waals surface area contributed by atoms with Crippen molar-refractivity contribution in [2.75, 3.05) is 23.7 Å². The number of nitrogens with two attached hydrogens (primary N) is 1. The molecule has 94 valence electrons. The molecule has 2 rings (SSSR count). The van der Waals surface area contributed by atoms with Crippen molar-refractivity contribution < 1.29 is 0 Å². The number of benzene rings is 1. The van der Waals surface area contributed by atoms with Crippen LogP contribution in [0.3, 0.4) is 0 Å². The van der Waals surface area contributed by atoms with E-state index in [1.807, 2.05) is 12.1 Å². The highest BCUT2D eigenvalue weighted by atomic mass is 15.2. The second kappa shape index (κ2) is 5.41. The summed E-state index contributed by atoms with van der Waals surface area (Å²) in [4.78, 5) is 2.48. The zero-order valence-corrected chi connectivity index (χ0v) is 10.8. The fourth-order valence-electron chi connectivity index (χ4n) is 2.70. The first kappa shape index (κ1) is 12.2. The minimum Gasteiger partial charge on any atom is -0.399 e. The van der Waals surface area contributed by atoms with Crippen LogP contribution in [-0.2, 0) is 0 Å². The molecule has 0 amide bonds. The van der Waals surface area contributed by atoms with E-state index < -0.39 is 0 Å². The number of nitrogens with one attached hydrogen (secondary N) is 1. The van der Waals surface area contributed by atoms with Gasteiger partial charge in [-0.3, -0.25) is 0 Å². The van der Waals surface area contributed by atoms with Gasteiger partial charge in [0.2, 0.25) is 0 Å². The van der Waals surface area contributed by atoms with Crippen LogP contribution in [0.15, 0.2) is 24.3 Å². The third kappa shape index (κ3) is 2.91. The lowest BCUT2D eigenvalue weighted by Gasteiger charge is -2.39. The summed E-state index contributed by atoms with van der Waals surface area (Å²) in [6.45, 7) is 6.68. The maximum atomic E-state index is 5.72. The molecule has 17 heavy (non-hydrogen) atoms. The van der Waals surface area contributed by atoms with E-state index >= 15 is 0 Å². The molecule has 1 fully saturated rings. The Labute approximate surface area is 104 Å². The van der Waals surface area contributed by atoms with Gasteiger partial charge < -0.3 is 16.0 Å². The first-order valence-corrected chi connectivity index (χ1v) is 6.56. The summed E-state index contributed by atoms with van der Waals surface area (Å²) in [5, 5.41) is 3.55. The first-order valence-electron chi connectivity index (χ1n) is 6.56. The van der Waals surface area contributed by atoms with Crippen LogP contribution in [0.25, 0.3) is 0 Å². The Morgan fingerprint density at radius 3 is 2.65 bits per heavy atom. The SMILES string of the molecule is CCNC1CCN(c2ccc(N)cc2)C(C)C1. The minimum atomic E-state index is 0.594. The van der Waals surface area contributed by atoms with Crippen molar-refractivity contribution in [3.05, 3.63) is 24.3 Å². The molecule has 2 atom stereocenters. The fraction of sp³-hybridized carbons (Fsp3) is 0.571. The van der Waals surface area contributed by atoms with Gasteiger partial charge in [0, 0.05) is 30.0 Å². The summed E-state index contributed by atoms with van der Waals surface area (Å²) in [5.41, 5.74) is 7.85. The van der Waals surface area contributed by atoms with E-state index in [4.69, 9.17) is 5.73 Å². The van der Waals surface area contributed by atoms with Gasteiger partial charge in [-0.05, 0) is 50.6 Å². The van der Waals surface area contributed by atoms with Crippen LogP contribution in [0.2, 0.25) is 0 Å². The van der Waals surface area contributed by atoms with Gasteiger partial charge in [0.1, 0.15) is 0 Å². The smallest absolute Gasteiger partial charge is 0.0370 e. The highest BCUT2D eigenvalue weighted by molar-refractivity contribution is 5.54. The molecule has 3 heteroatoms. The Bertz CT molecular complexity index is 347.